The molecule has 0 aliphatic heterocycles. The van der Waals surface area contributed by atoms with Crippen molar-refractivity contribution >= 4 is 11.6 Å². The fourth-order valence-electron chi connectivity index (χ4n) is 1.56. The predicted octanol–water partition coefficient (Wildman–Crippen LogP) is 0.582. The van der Waals surface area contributed by atoms with Gasteiger partial charge in [-0.25, -0.2) is 0 Å². The second kappa shape index (κ2) is 4.14. The number of hydrogen-bond donors (Lipinski definition) is 2. The minimum absolute atomic E-state index is 0.0401. The van der Waals surface area contributed by atoms with Gasteiger partial charge in [0, 0.05) is 37.4 Å². The Bertz CT molecular complexity index is 403. The second-order valence-electron chi connectivity index (χ2n) is 4.42. The molecule has 1 saturated carbocycles. The summed E-state index contributed by atoms with van der Waals surface area (Å²) in [6, 6.07) is 7.85. The van der Waals surface area contributed by atoms with Gasteiger partial charge in [-0.15, -0.1) is 0 Å². The number of amides is 1. The van der Waals surface area contributed by atoms with Crippen molar-refractivity contribution in [3.63, 3.8) is 0 Å². The molecule has 2 unspecified atom stereocenters. The molecule has 1 amide bonds. The number of nitrogens with one attached hydrogen (secondary N) is 1. The van der Waals surface area contributed by atoms with E-state index in [1.165, 1.54) is 0 Å². The molecule has 0 spiro atoms. The normalized spacial score (nSPS) is 22.7. The molecular formula is C12H17N3O. The molecule has 4 nitrogen and oxygen atoms in total. The van der Waals surface area contributed by atoms with Crippen LogP contribution in [0.15, 0.2) is 24.3 Å². The van der Waals surface area contributed by atoms with Crippen LogP contribution in [-0.2, 0) is 0 Å². The molecule has 4 heteroatoms. The first kappa shape index (κ1) is 11.0. The number of benzene rings is 1. The first-order valence-corrected chi connectivity index (χ1v) is 5.42. The zero-order valence-electron chi connectivity index (χ0n) is 9.60. The topological polar surface area (TPSA) is 58.4 Å². The van der Waals surface area contributed by atoms with Crippen molar-refractivity contribution in [1.29, 1.82) is 0 Å². The van der Waals surface area contributed by atoms with Crippen LogP contribution in [0.1, 0.15) is 16.8 Å². The van der Waals surface area contributed by atoms with E-state index in [-0.39, 0.29) is 18.0 Å². The smallest absolute Gasteiger partial charge is 0.251 e. The highest BCUT2D eigenvalue weighted by atomic mass is 16.1. The maximum absolute atomic E-state index is 11.8. The quantitative estimate of drug-likeness (QED) is 0.782. The molecule has 1 aliphatic rings. The molecule has 1 aromatic rings. The zero-order chi connectivity index (χ0) is 11.7. The lowest BCUT2D eigenvalue weighted by molar-refractivity contribution is 0.0950. The Morgan fingerprint density at radius 1 is 1.50 bits per heavy atom. The maximum Gasteiger partial charge on any atom is 0.251 e. The molecule has 2 atom stereocenters. The monoisotopic (exact) mass is 219 g/mol. The Morgan fingerprint density at radius 2 is 2.19 bits per heavy atom. The minimum atomic E-state index is -0.0401. The van der Waals surface area contributed by atoms with Crippen molar-refractivity contribution in [2.45, 2.75) is 18.5 Å². The molecule has 0 radical (unpaired) electrons. The van der Waals surface area contributed by atoms with Crippen LogP contribution in [0.5, 0.6) is 0 Å². The van der Waals surface area contributed by atoms with E-state index in [1.807, 2.05) is 43.3 Å². The number of carbonyl (C=O) groups excluding carboxylic acids is 1. The first-order chi connectivity index (χ1) is 7.58. The fourth-order valence-corrected chi connectivity index (χ4v) is 1.56. The SMILES string of the molecule is CN(C)c1cccc(C(=O)NC2CC2N)c1. The Morgan fingerprint density at radius 3 is 2.75 bits per heavy atom. The third kappa shape index (κ3) is 2.33. The molecule has 0 saturated heterocycles. The highest BCUT2D eigenvalue weighted by molar-refractivity contribution is 5.95. The van der Waals surface area contributed by atoms with E-state index in [4.69, 9.17) is 5.73 Å². The molecule has 0 heterocycles. The van der Waals surface area contributed by atoms with E-state index in [1.54, 1.807) is 0 Å². The van der Waals surface area contributed by atoms with Crippen molar-refractivity contribution in [2.24, 2.45) is 5.73 Å². The fraction of sp³-hybridized carbons (Fsp3) is 0.417. The van der Waals surface area contributed by atoms with E-state index in [9.17, 15) is 4.79 Å². The van der Waals surface area contributed by atoms with Crippen LogP contribution in [0, 0.1) is 0 Å². The van der Waals surface area contributed by atoms with Crippen molar-refractivity contribution < 1.29 is 4.79 Å². The van der Waals surface area contributed by atoms with Gasteiger partial charge in [-0.3, -0.25) is 4.79 Å². The number of carbonyl (C=O) groups is 1. The van der Waals surface area contributed by atoms with Gasteiger partial charge >= 0.3 is 0 Å². The Kier molecular flexibility index (Phi) is 2.83. The second-order valence-corrected chi connectivity index (χ2v) is 4.42. The minimum Gasteiger partial charge on any atom is -0.378 e. The summed E-state index contributed by atoms with van der Waals surface area (Å²) in [5, 5.41) is 2.90. The van der Waals surface area contributed by atoms with Crippen LogP contribution in [0.3, 0.4) is 0 Å². The van der Waals surface area contributed by atoms with Gasteiger partial charge in [-0.05, 0) is 24.6 Å². The molecule has 1 aromatic carbocycles. The molecule has 1 aliphatic carbocycles. The lowest BCUT2D eigenvalue weighted by Gasteiger charge is -2.13. The maximum atomic E-state index is 11.8. The highest BCUT2D eigenvalue weighted by Gasteiger charge is 2.34. The van der Waals surface area contributed by atoms with E-state index < -0.39 is 0 Å². The summed E-state index contributed by atoms with van der Waals surface area (Å²) in [5.74, 6) is -0.0401. The molecule has 86 valence electrons. The molecule has 3 N–H and O–H groups in total. The van der Waals surface area contributed by atoms with Crippen LogP contribution < -0.4 is 16.0 Å². The summed E-state index contributed by atoms with van der Waals surface area (Å²) in [6.07, 6.45) is 0.888. The van der Waals surface area contributed by atoms with Crippen molar-refractivity contribution in [2.75, 3.05) is 19.0 Å². The van der Waals surface area contributed by atoms with E-state index in [0.717, 1.165) is 12.1 Å². The summed E-state index contributed by atoms with van der Waals surface area (Å²) in [5.41, 5.74) is 7.35. The van der Waals surface area contributed by atoms with Gasteiger partial charge in [-0.2, -0.15) is 0 Å². The van der Waals surface area contributed by atoms with Crippen LogP contribution >= 0.6 is 0 Å². The van der Waals surface area contributed by atoms with Gasteiger partial charge in [-0.1, -0.05) is 6.07 Å². The van der Waals surface area contributed by atoms with Crippen LogP contribution in [0.2, 0.25) is 0 Å². The Hall–Kier alpha value is -1.55. The predicted molar refractivity (Wildman–Crippen MR) is 64.6 cm³/mol. The van der Waals surface area contributed by atoms with Crippen molar-refractivity contribution in [3.8, 4) is 0 Å². The first-order valence-electron chi connectivity index (χ1n) is 5.42. The average molecular weight is 219 g/mol. The lowest BCUT2D eigenvalue weighted by atomic mass is 10.2. The van der Waals surface area contributed by atoms with Gasteiger partial charge in [0.05, 0.1) is 0 Å². The lowest BCUT2D eigenvalue weighted by Crippen LogP contribution is -2.29. The van der Waals surface area contributed by atoms with Gasteiger partial charge in [0.2, 0.25) is 0 Å². The number of rotatable bonds is 3. The van der Waals surface area contributed by atoms with Crippen LogP contribution in [0.25, 0.3) is 0 Å². The van der Waals surface area contributed by atoms with Gasteiger partial charge in [0.15, 0.2) is 0 Å². The van der Waals surface area contributed by atoms with Gasteiger partial charge in [0.25, 0.3) is 5.91 Å². The van der Waals surface area contributed by atoms with E-state index in [0.29, 0.717) is 5.56 Å². The average Bonchev–Trinajstić information content (AvgIpc) is 2.94. The number of hydrogen-bond acceptors (Lipinski definition) is 3. The zero-order valence-corrected chi connectivity index (χ0v) is 9.60. The Balaban J connectivity index is 2.07. The summed E-state index contributed by atoms with van der Waals surface area (Å²) in [6.45, 7) is 0. The van der Waals surface area contributed by atoms with E-state index >= 15 is 0 Å². The van der Waals surface area contributed by atoms with Crippen molar-refractivity contribution in [3.05, 3.63) is 29.8 Å². The number of nitrogens with two attached hydrogens (primary N) is 1. The molecular weight excluding hydrogens is 202 g/mol. The van der Waals surface area contributed by atoms with Crippen molar-refractivity contribution in [1.82, 2.24) is 5.32 Å². The summed E-state index contributed by atoms with van der Waals surface area (Å²) < 4.78 is 0. The third-order valence-corrected chi connectivity index (χ3v) is 2.78. The summed E-state index contributed by atoms with van der Waals surface area (Å²) >= 11 is 0. The highest BCUT2D eigenvalue weighted by Crippen LogP contribution is 2.19. The summed E-state index contributed by atoms with van der Waals surface area (Å²) in [4.78, 5) is 13.8. The van der Waals surface area contributed by atoms with Gasteiger partial charge < -0.3 is 16.0 Å². The molecule has 2 rings (SSSR count). The molecule has 16 heavy (non-hydrogen) atoms. The molecule has 0 bridgehead atoms. The summed E-state index contributed by atoms with van der Waals surface area (Å²) in [7, 11) is 3.90. The van der Waals surface area contributed by atoms with Crippen LogP contribution in [-0.4, -0.2) is 32.1 Å². The standard InChI is InChI=1S/C12H17N3O/c1-15(2)9-5-3-4-8(6-9)12(16)14-11-7-10(11)13/h3-6,10-11H,7,13H2,1-2H3,(H,14,16). The van der Waals surface area contributed by atoms with Gasteiger partial charge in [0.1, 0.15) is 0 Å². The van der Waals surface area contributed by atoms with Crippen LogP contribution in [0.4, 0.5) is 5.69 Å². The molecule has 0 aromatic heterocycles. The number of anilines is 1. The Labute approximate surface area is 95.4 Å². The van der Waals surface area contributed by atoms with E-state index in [2.05, 4.69) is 5.32 Å². The number of nitrogens with zero attached hydrogens (tertiary/aromatic N) is 1. The third-order valence-electron chi connectivity index (χ3n) is 2.78. The molecule has 1 fully saturated rings. The largest absolute Gasteiger partial charge is 0.378 e.